The maximum absolute atomic E-state index is 13.0. The second-order valence-corrected chi connectivity index (χ2v) is 7.02. The average Bonchev–Trinajstić information content (AvgIpc) is 3.08. The van der Waals surface area contributed by atoms with E-state index in [-0.39, 0.29) is 6.61 Å². The van der Waals surface area contributed by atoms with Crippen molar-refractivity contribution in [3.8, 4) is 28.1 Å². The van der Waals surface area contributed by atoms with E-state index in [9.17, 15) is 4.79 Å². The molecule has 0 saturated heterocycles. The van der Waals surface area contributed by atoms with Crippen molar-refractivity contribution in [1.82, 2.24) is 4.57 Å². The van der Waals surface area contributed by atoms with Crippen LogP contribution in [0.25, 0.3) is 33.3 Å². The van der Waals surface area contributed by atoms with E-state index in [0.717, 1.165) is 27.9 Å². The van der Waals surface area contributed by atoms with Gasteiger partial charge in [0.2, 0.25) is 0 Å². The number of methoxy groups -OCH3 is 1. The molecule has 0 aliphatic carbocycles. The van der Waals surface area contributed by atoms with Crippen LogP contribution >= 0.6 is 0 Å². The first kappa shape index (κ1) is 19.6. The molecular formula is C25H24N2O3. The van der Waals surface area contributed by atoms with E-state index in [4.69, 9.17) is 15.2 Å². The van der Waals surface area contributed by atoms with Gasteiger partial charge in [0.05, 0.1) is 36.2 Å². The van der Waals surface area contributed by atoms with E-state index in [1.165, 1.54) is 0 Å². The van der Waals surface area contributed by atoms with E-state index in [1.807, 2.05) is 54.1 Å². The number of hydrogen-bond acceptors (Lipinski definition) is 4. The smallest absolute Gasteiger partial charge is 0.341 e. The Balaban J connectivity index is 1.94. The molecule has 4 rings (SSSR count). The zero-order chi connectivity index (χ0) is 21.3. The van der Waals surface area contributed by atoms with Crippen molar-refractivity contribution in [2.45, 2.75) is 6.92 Å². The molecule has 5 heteroatoms. The number of anilines is 1. The molecule has 4 aromatic rings. The van der Waals surface area contributed by atoms with Crippen molar-refractivity contribution in [3.05, 3.63) is 72.3 Å². The van der Waals surface area contributed by atoms with Crippen LogP contribution in [0.2, 0.25) is 0 Å². The van der Waals surface area contributed by atoms with Crippen LogP contribution in [0.15, 0.2) is 66.7 Å². The van der Waals surface area contributed by atoms with Crippen LogP contribution < -0.4 is 10.5 Å². The van der Waals surface area contributed by atoms with E-state index < -0.39 is 5.97 Å². The van der Waals surface area contributed by atoms with Crippen molar-refractivity contribution in [2.24, 2.45) is 7.05 Å². The molecule has 0 amide bonds. The number of benzene rings is 3. The fourth-order valence-corrected chi connectivity index (χ4v) is 3.91. The summed E-state index contributed by atoms with van der Waals surface area (Å²) in [6.07, 6.45) is 0. The SMILES string of the molecule is CCOC(=O)c1c(-c2ccc(-c3ccccc3)cc2)n(C)c2ccc(OC)c(N)c12. The third-order valence-electron chi connectivity index (χ3n) is 5.33. The fourth-order valence-electron chi connectivity index (χ4n) is 3.91. The summed E-state index contributed by atoms with van der Waals surface area (Å²) in [5.41, 5.74) is 12.0. The minimum atomic E-state index is -0.398. The lowest BCUT2D eigenvalue weighted by molar-refractivity contribution is 0.0529. The average molecular weight is 400 g/mol. The Kier molecular flexibility index (Phi) is 5.19. The number of esters is 1. The van der Waals surface area contributed by atoms with Gasteiger partial charge in [0.15, 0.2) is 0 Å². The number of nitrogen functional groups attached to an aromatic ring is 1. The van der Waals surface area contributed by atoms with Crippen LogP contribution in [0.5, 0.6) is 5.75 Å². The van der Waals surface area contributed by atoms with Crippen LogP contribution in [0.4, 0.5) is 5.69 Å². The summed E-state index contributed by atoms with van der Waals surface area (Å²) in [6, 6.07) is 22.1. The number of aromatic nitrogens is 1. The zero-order valence-electron chi connectivity index (χ0n) is 17.3. The molecule has 0 spiro atoms. The number of fused-ring (bicyclic) bond motifs is 1. The summed E-state index contributed by atoms with van der Waals surface area (Å²) in [4.78, 5) is 13.0. The number of aryl methyl sites for hydroxylation is 1. The minimum Gasteiger partial charge on any atom is -0.495 e. The number of carbonyl (C=O) groups is 1. The second-order valence-electron chi connectivity index (χ2n) is 7.02. The number of rotatable bonds is 5. The molecule has 5 nitrogen and oxygen atoms in total. The predicted octanol–water partition coefficient (Wildman–Crippen LogP) is 5.28. The van der Waals surface area contributed by atoms with Gasteiger partial charge in [0, 0.05) is 12.4 Å². The third-order valence-corrected chi connectivity index (χ3v) is 5.33. The lowest BCUT2D eigenvalue weighted by Gasteiger charge is -2.10. The maximum Gasteiger partial charge on any atom is 0.341 e. The Bertz CT molecular complexity index is 1210. The maximum atomic E-state index is 13.0. The van der Waals surface area contributed by atoms with Gasteiger partial charge in [-0.05, 0) is 35.7 Å². The van der Waals surface area contributed by atoms with Crippen molar-refractivity contribution in [1.29, 1.82) is 0 Å². The highest BCUT2D eigenvalue weighted by atomic mass is 16.5. The van der Waals surface area contributed by atoms with E-state index in [0.29, 0.717) is 22.4 Å². The van der Waals surface area contributed by atoms with E-state index >= 15 is 0 Å². The van der Waals surface area contributed by atoms with Gasteiger partial charge in [-0.3, -0.25) is 0 Å². The summed E-state index contributed by atoms with van der Waals surface area (Å²) < 4.78 is 12.7. The van der Waals surface area contributed by atoms with E-state index in [2.05, 4.69) is 24.3 Å². The summed E-state index contributed by atoms with van der Waals surface area (Å²) in [7, 11) is 3.49. The van der Waals surface area contributed by atoms with Crippen LogP contribution in [-0.2, 0) is 11.8 Å². The summed E-state index contributed by atoms with van der Waals surface area (Å²) in [5.74, 6) is 0.134. The second kappa shape index (κ2) is 7.95. The Morgan fingerprint density at radius 3 is 2.20 bits per heavy atom. The van der Waals surface area contributed by atoms with Gasteiger partial charge >= 0.3 is 5.97 Å². The Morgan fingerprint density at radius 2 is 1.57 bits per heavy atom. The highest BCUT2D eigenvalue weighted by Crippen LogP contribution is 2.40. The molecule has 2 N–H and O–H groups in total. The lowest BCUT2D eigenvalue weighted by atomic mass is 10.00. The van der Waals surface area contributed by atoms with Crippen LogP contribution in [0.3, 0.4) is 0 Å². The van der Waals surface area contributed by atoms with Crippen molar-refractivity contribution >= 4 is 22.6 Å². The molecule has 0 unspecified atom stereocenters. The van der Waals surface area contributed by atoms with Gasteiger partial charge < -0.3 is 19.8 Å². The normalized spacial score (nSPS) is 10.9. The highest BCUT2D eigenvalue weighted by molar-refractivity contribution is 6.15. The van der Waals surface area contributed by atoms with Gasteiger partial charge in [-0.1, -0.05) is 54.6 Å². The van der Waals surface area contributed by atoms with Crippen molar-refractivity contribution < 1.29 is 14.3 Å². The topological polar surface area (TPSA) is 66.5 Å². The molecular weight excluding hydrogens is 376 g/mol. The standard InChI is InChI=1S/C25H24N2O3/c1-4-30-25(28)22-21-19(14-15-20(29-3)23(21)26)27(2)24(22)18-12-10-17(11-13-18)16-8-6-5-7-9-16/h5-15H,4,26H2,1-3H3. The first-order valence-corrected chi connectivity index (χ1v) is 9.84. The summed E-state index contributed by atoms with van der Waals surface area (Å²) >= 11 is 0. The molecule has 0 atom stereocenters. The monoisotopic (exact) mass is 400 g/mol. The molecule has 152 valence electrons. The Morgan fingerprint density at radius 1 is 0.933 bits per heavy atom. The summed E-state index contributed by atoms with van der Waals surface area (Å²) in [6.45, 7) is 2.08. The van der Waals surface area contributed by atoms with Gasteiger partial charge in [-0.2, -0.15) is 0 Å². The molecule has 30 heavy (non-hydrogen) atoms. The van der Waals surface area contributed by atoms with Gasteiger partial charge in [0.1, 0.15) is 5.75 Å². The quantitative estimate of drug-likeness (QED) is 0.366. The molecule has 1 heterocycles. The number of hydrogen-bond donors (Lipinski definition) is 1. The molecule has 0 bridgehead atoms. The number of carbonyl (C=O) groups excluding carboxylic acids is 1. The third kappa shape index (κ3) is 3.18. The zero-order valence-corrected chi connectivity index (χ0v) is 17.3. The number of nitrogens with zero attached hydrogens (tertiary/aromatic N) is 1. The van der Waals surface area contributed by atoms with E-state index in [1.54, 1.807) is 14.0 Å². The molecule has 0 aliphatic heterocycles. The predicted molar refractivity (Wildman–Crippen MR) is 121 cm³/mol. The first-order chi connectivity index (χ1) is 14.6. The number of nitrogens with two attached hydrogens (primary N) is 1. The molecule has 1 aromatic heterocycles. The fraction of sp³-hybridized carbons (Fsp3) is 0.160. The van der Waals surface area contributed by atoms with Crippen molar-refractivity contribution in [2.75, 3.05) is 19.5 Å². The Labute approximate surface area is 175 Å². The molecule has 0 fully saturated rings. The van der Waals surface area contributed by atoms with Crippen molar-refractivity contribution in [3.63, 3.8) is 0 Å². The minimum absolute atomic E-state index is 0.283. The Hall–Kier alpha value is -3.73. The summed E-state index contributed by atoms with van der Waals surface area (Å²) in [5, 5.41) is 0.650. The number of ether oxygens (including phenoxy) is 2. The largest absolute Gasteiger partial charge is 0.495 e. The van der Waals surface area contributed by atoms with Gasteiger partial charge in [-0.15, -0.1) is 0 Å². The van der Waals surface area contributed by atoms with Crippen LogP contribution in [0.1, 0.15) is 17.3 Å². The van der Waals surface area contributed by atoms with Gasteiger partial charge in [-0.25, -0.2) is 4.79 Å². The molecule has 0 radical (unpaired) electrons. The lowest BCUT2D eigenvalue weighted by Crippen LogP contribution is -2.07. The van der Waals surface area contributed by atoms with Gasteiger partial charge in [0.25, 0.3) is 0 Å². The van der Waals surface area contributed by atoms with Crippen LogP contribution in [0, 0.1) is 0 Å². The van der Waals surface area contributed by atoms with Crippen LogP contribution in [-0.4, -0.2) is 24.3 Å². The molecule has 0 aliphatic rings. The first-order valence-electron chi connectivity index (χ1n) is 9.84. The molecule has 3 aromatic carbocycles. The highest BCUT2D eigenvalue weighted by Gasteiger charge is 2.26. The molecule has 0 saturated carbocycles.